The molecular formula is C18H21BrFN. The summed E-state index contributed by atoms with van der Waals surface area (Å²) in [7, 11) is 0. The molecule has 1 unspecified atom stereocenters. The van der Waals surface area contributed by atoms with Crippen LogP contribution in [0.4, 0.5) is 4.39 Å². The lowest BCUT2D eigenvalue weighted by molar-refractivity contribution is 0.543. The van der Waals surface area contributed by atoms with E-state index in [0.717, 1.165) is 24.9 Å². The molecule has 0 aliphatic rings. The van der Waals surface area contributed by atoms with Gasteiger partial charge in [-0.2, -0.15) is 0 Å². The highest BCUT2D eigenvalue weighted by Gasteiger charge is 2.08. The van der Waals surface area contributed by atoms with E-state index >= 15 is 0 Å². The maximum Gasteiger partial charge on any atom is 0.145 e. The molecule has 2 rings (SSSR count). The summed E-state index contributed by atoms with van der Waals surface area (Å²) in [6, 6.07) is 14.0. The van der Waals surface area contributed by atoms with Gasteiger partial charge in [-0.3, -0.25) is 0 Å². The predicted octanol–water partition coefficient (Wildman–Crippen LogP) is 5.19. The van der Waals surface area contributed by atoms with Gasteiger partial charge in [0.25, 0.3) is 0 Å². The van der Waals surface area contributed by atoms with E-state index in [-0.39, 0.29) is 5.82 Å². The summed E-state index contributed by atoms with van der Waals surface area (Å²) in [6.45, 7) is 5.40. The van der Waals surface area contributed by atoms with Crippen molar-refractivity contribution < 1.29 is 4.39 Å². The number of nitrogens with one attached hydrogen (secondary N) is 1. The average Bonchev–Trinajstić information content (AvgIpc) is 2.49. The summed E-state index contributed by atoms with van der Waals surface area (Å²) in [5, 5.41) is 3.48. The minimum atomic E-state index is -0.205. The largest absolute Gasteiger partial charge is 0.314 e. The molecule has 1 atom stereocenters. The highest BCUT2D eigenvalue weighted by Crippen LogP contribution is 2.28. The van der Waals surface area contributed by atoms with Crippen molar-refractivity contribution in [1.82, 2.24) is 5.32 Å². The zero-order valence-electron chi connectivity index (χ0n) is 12.5. The van der Waals surface area contributed by atoms with Crippen LogP contribution in [0.15, 0.2) is 46.9 Å². The standard InChI is InChI=1S/C18H21BrFN/c1-3-11-21-13(2)12-14-7-9-15(10-8-14)16-5-4-6-17(19)18(16)20/h4-10,13,21H,3,11-12H2,1-2H3. The topological polar surface area (TPSA) is 12.0 Å². The Morgan fingerprint density at radius 1 is 1.14 bits per heavy atom. The summed E-state index contributed by atoms with van der Waals surface area (Å²) in [6.07, 6.45) is 2.13. The Morgan fingerprint density at radius 2 is 1.86 bits per heavy atom. The second-order valence-corrected chi connectivity index (χ2v) is 6.21. The Balaban J connectivity index is 2.10. The van der Waals surface area contributed by atoms with Gasteiger partial charge < -0.3 is 5.32 Å². The van der Waals surface area contributed by atoms with Crippen molar-refractivity contribution in [3.8, 4) is 11.1 Å². The lowest BCUT2D eigenvalue weighted by Crippen LogP contribution is -2.28. The normalized spacial score (nSPS) is 12.4. The van der Waals surface area contributed by atoms with E-state index in [1.807, 2.05) is 18.2 Å². The van der Waals surface area contributed by atoms with Crippen molar-refractivity contribution in [1.29, 1.82) is 0 Å². The van der Waals surface area contributed by atoms with Crippen LogP contribution in [-0.4, -0.2) is 12.6 Å². The predicted molar refractivity (Wildman–Crippen MR) is 91.0 cm³/mol. The van der Waals surface area contributed by atoms with E-state index in [2.05, 4.69) is 47.2 Å². The fourth-order valence-corrected chi connectivity index (χ4v) is 2.73. The SMILES string of the molecule is CCCNC(C)Cc1ccc(-c2cccc(Br)c2F)cc1. The Hall–Kier alpha value is -1.19. The van der Waals surface area contributed by atoms with Gasteiger partial charge >= 0.3 is 0 Å². The quantitative estimate of drug-likeness (QED) is 0.756. The zero-order valence-corrected chi connectivity index (χ0v) is 14.1. The molecule has 1 nitrogen and oxygen atoms in total. The van der Waals surface area contributed by atoms with Gasteiger partial charge in [0.2, 0.25) is 0 Å². The van der Waals surface area contributed by atoms with E-state index in [0.29, 0.717) is 16.1 Å². The molecule has 0 spiro atoms. The molecule has 21 heavy (non-hydrogen) atoms. The Bertz CT molecular complexity index is 580. The van der Waals surface area contributed by atoms with Crippen LogP contribution in [0.2, 0.25) is 0 Å². The molecule has 0 aliphatic heterocycles. The third-order valence-corrected chi connectivity index (χ3v) is 4.11. The molecule has 0 heterocycles. The molecule has 2 aromatic carbocycles. The molecule has 0 radical (unpaired) electrons. The first-order valence-electron chi connectivity index (χ1n) is 7.38. The van der Waals surface area contributed by atoms with E-state index < -0.39 is 0 Å². The zero-order chi connectivity index (χ0) is 15.2. The second-order valence-electron chi connectivity index (χ2n) is 5.36. The van der Waals surface area contributed by atoms with Crippen molar-refractivity contribution in [2.45, 2.75) is 32.7 Å². The third-order valence-electron chi connectivity index (χ3n) is 3.50. The number of hydrogen-bond acceptors (Lipinski definition) is 1. The van der Waals surface area contributed by atoms with Crippen molar-refractivity contribution >= 4 is 15.9 Å². The second kappa shape index (κ2) is 7.71. The van der Waals surface area contributed by atoms with Crippen LogP contribution < -0.4 is 5.32 Å². The fraction of sp³-hybridized carbons (Fsp3) is 0.333. The minimum Gasteiger partial charge on any atom is -0.314 e. The number of halogens is 2. The van der Waals surface area contributed by atoms with Crippen molar-refractivity contribution in [3.05, 3.63) is 58.3 Å². The lowest BCUT2D eigenvalue weighted by Gasteiger charge is -2.13. The fourth-order valence-electron chi connectivity index (χ4n) is 2.36. The van der Waals surface area contributed by atoms with Gasteiger partial charge in [-0.05, 0) is 59.4 Å². The van der Waals surface area contributed by atoms with Crippen LogP contribution in [0.25, 0.3) is 11.1 Å². The molecule has 0 bridgehead atoms. The summed E-state index contributed by atoms with van der Waals surface area (Å²) >= 11 is 3.23. The van der Waals surface area contributed by atoms with Gasteiger partial charge in [0.05, 0.1) is 4.47 Å². The van der Waals surface area contributed by atoms with Crippen LogP contribution in [-0.2, 0) is 6.42 Å². The minimum absolute atomic E-state index is 0.205. The highest BCUT2D eigenvalue weighted by atomic mass is 79.9. The molecule has 0 saturated carbocycles. The van der Waals surface area contributed by atoms with Gasteiger partial charge in [-0.15, -0.1) is 0 Å². The molecule has 112 valence electrons. The lowest BCUT2D eigenvalue weighted by atomic mass is 10.0. The summed E-state index contributed by atoms with van der Waals surface area (Å²) < 4.78 is 14.6. The first-order valence-corrected chi connectivity index (χ1v) is 8.17. The molecule has 0 fully saturated rings. The Labute approximate surface area is 134 Å². The molecule has 0 aliphatic carbocycles. The van der Waals surface area contributed by atoms with Crippen molar-refractivity contribution in [2.75, 3.05) is 6.54 Å². The molecule has 0 aromatic heterocycles. The maximum atomic E-state index is 14.1. The molecule has 3 heteroatoms. The molecular weight excluding hydrogens is 329 g/mol. The average molecular weight is 350 g/mol. The highest BCUT2D eigenvalue weighted by molar-refractivity contribution is 9.10. The van der Waals surface area contributed by atoms with Gasteiger partial charge in [0, 0.05) is 11.6 Å². The first kappa shape index (κ1) is 16.2. The van der Waals surface area contributed by atoms with Gasteiger partial charge in [-0.1, -0.05) is 43.3 Å². The molecule has 1 N–H and O–H groups in total. The van der Waals surface area contributed by atoms with Gasteiger partial charge in [0.1, 0.15) is 5.82 Å². The smallest absolute Gasteiger partial charge is 0.145 e. The van der Waals surface area contributed by atoms with Crippen molar-refractivity contribution in [3.63, 3.8) is 0 Å². The molecule has 2 aromatic rings. The Morgan fingerprint density at radius 3 is 2.52 bits per heavy atom. The van der Waals surface area contributed by atoms with Crippen LogP contribution in [0.3, 0.4) is 0 Å². The summed E-state index contributed by atoms with van der Waals surface area (Å²) in [5.41, 5.74) is 2.81. The Kier molecular flexibility index (Phi) is 5.95. The monoisotopic (exact) mass is 349 g/mol. The van der Waals surface area contributed by atoms with Gasteiger partial charge in [-0.25, -0.2) is 4.39 Å². The number of hydrogen-bond donors (Lipinski definition) is 1. The third kappa shape index (κ3) is 4.39. The summed E-state index contributed by atoms with van der Waals surface area (Å²) in [5.74, 6) is -0.205. The van der Waals surface area contributed by atoms with E-state index in [1.54, 1.807) is 12.1 Å². The maximum absolute atomic E-state index is 14.1. The molecule has 0 amide bonds. The number of rotatable bonds is 6. The van der Waals surface area contributed by atoms with Crippen LogP contribution in [0, 0.1) is 5.82 Å². The summed E-state index contributed by atoms with van der Waals surface area (Å²) in [4.78, 5) is 0. The van der Waals surface area contributed by atoms with E-state index in [1.165, 1.54) is 5.56 Å². The van der Waals surface area contributed by atoms with Crippen molar-refractivity contribution in [2.24, 2.45) is 0 Å². The van der Waals surface area contributed by atoms with Crippen LogP contribution >= 0.6 is 15.9 Å². The first-order chi connectivity index (χ1) is 10.1. The van der Waals surface area contributed by atoms with Gasteiger partial charge in [0.15, 0.2) is 0 Å². The number of benzene rings is 2. The van der Waals surface area contributed by atoms with Crippen LogP contribution in [0.1, 0.15) is 25.8 Å². The molecule has 0 saturated heterocycles. The van der Waals surface area contributed by atoms with E-state index in [9.17, 15) is 4.39 Å². The van der Waals surface area contributed by atoms with E-state index in [4.69, 9.17) is 0 Å². The van der Waals surface area contributed by atoms with Crippen LogP contribution in [0.5, 0.6) is 0 Å².